The van der Waals surface area contributed by atoms with Crippen LogP contribution in [0.25, 0.3) is 0 Å². The van der Waals surface area contributed by atoms with Crippen LogP contribution in [0.1, 0.15) is 44.1 Å². The van der Waals surface area contributed by atoms with Crippen molar-refractivity contribution >= 4 is 0 Å². The molecule has 0 amide bonds. The van der Waals surface area contributed by atoms with Gasteiger partial charge < -0.3 is 5.73 Å². The first-order chi connectivity index (χ1) is 7.09. The van der Waals surface area contributed by atoms with E-state index < -0.39 is 0 Å². The molecule has 0 spiro atoms. The van der Waals surface area contributed by atoms with E-state index in [1.165, 1.54) is 6.07 Å². The highest BCUT2D eigenvalue weighted by Crippen LogP contribution is 2.38. The molecular formula is C13H18FN. The first kappa shape index (κ1) is 10.6. The molecule has 1 aromatic carbocycles. The van der Waals surface area contributed by atoms with Gasteiger partial charge >= 0.3 is 0 Å². The van der Waals surface area contributed by atoms with Crippen LogP contribution < -0.4 is 5.73 Å². The molecule has 0 bridgehead atoms. The second-order valence-electron chi connectivity index (χ2n) is 4.86. The van der Waals surface area contributed by atoms with Gasteiger partial charge in [-0.1, -0.05) is 19.1 Å². The van der Waals surface area contributed by atoms with Crippen LogP contribution >= 0.6 is 0 Å². The molecule has 0 aromatic heterocycles. The Bertz CT molecular complexity index is 344. The van der Waals surface area contributed by atoms with Gasteiger partial charge in [0, 0.05) is 5.54 Å². The number of halogens is 1. The molecule has 2 heteroatoms. The van der Waals surface area contributed by atoms with E-state index in [-0.39, 0.29) is 11.4 Å². The van der Waals surface area contributed by atoms with Gasteiger partial charge in [0.15, 0.2) is 0 Å². The molecule has 15 heavy (non-hydrogen) atoms. The van der Waals surface area contributed by atoms with Crippen molar-refractivity contribution in [1.82, 2.24) is 0 Å². The molecule has 0 heterocycles. The van der Waals surface area contributed by atoms with Gasteiger partial charge in [-0.05, 0) is 49.3 Å². The summed E-state index contributed by atoms with van der Waals surface area (Å²) in [5.41, 5.74) is 7.22. The molecule has 2 N–H and O–H groups in total. The topological polar surface area (TPSA) is 26.0 Å². The first-order valence-electron chi connectivity index (χ1n) is 5.63. The Labute approximate surface area is 90.5 Å². The minimum absolute atomic E-state index is 0.113. The third-order valence-corrected chi connectivity index (χ3v) is 3.39. The quantitative estimate of drug-likeness (QED) is 0.806. The van der Waals surface area contributed by atoms with Crippen LogP contribution in [-0.4, -0.2) is 5.54 Å². The average Bonchev–Trinajstić information content (AvgIpc) is 2.94. The van der Waals surface area contributed by atoms with Crippen LogP contribution in [-0.2, 0) is 0 Å². The standard InChI is InChI=1S/C13H18FN/c1-10(5-6-13(15)7-8-13)11-3-2-4-12(14)9-11/h2-4,9-10H,5-8,15H2,1H3. The van der Waals surface area contributed by atoms with Crippen molar-refractivity contribution in [2.45, 2.75) is 44.1 Å². The third kappa shape index (κ3) is 2.78. The molecule has 1 unspecified atom stereocenters. The minimum atomic E-state index is -0.145. The molecule has 1 fully saturated rings. The Morgan fingerprint density at radius 1 is 1.47 bits per heavy atom. The van der Waals surface area contributed by atoms with Crippen molar-refractivity contribution in [2.75, 3.05) is 0 Å². The van der Waals surface area contributed by atoms with Crippen molar-refractivity contribution in [3.05, 3.63) is 35.6 Å². The Balaban J connectivity index is 1.92. The summed E-state index contributed by atoms with van der Waals surface area (Å²) in [4.78, 5) is 0. The molecule has 1 saturated carbocycles. The number of hydrogen-bond acceptors (Lipinski definition) is 1. The first-order valence-corrected chi connectivity index (χ1v) is 5.63. The fourth-order valence-electron chi connectivity index (χ4n) is 1.89. The largest absolute Gasteiger partial charge is 0.325 e. The third-order valence-electron chi connectivity index (χ3n) is 3.39. The van der Waals surface area contributed by atoms with Crippen molar-refractivity contribution in [1.29, 1.82) is 0 Å². The zero-order chi connectivity index (χ0) is 10.9. The van der Waals surface area contributed by atoms with Crippen LogP contribution in [0, 0.1) is 5.82 Å². The van der Waals surface area contributed by atoms with Crippen molar-refractivity contribution < 1.29 is 4.39 Å². The van der Waals surface area contributed by atoms with E-state index in [9.17, 15) is 4.39 Å². The Hall–Kier alpha value is -0.890. The lowest BCUT2D eigenvalue weighted by molar-refractivity contribution is 0.530. The van der Waals surface area contributed by atoms with Gasteiger partial charge in [-0.2, -0.15) is 0 Å². The van der Waals surface area contributed by atoms with Gasteiger partial charge in [0.1, 0.15) is 5.82 Å². The summed E-state index contributed by atoms with van der Waals surface area (Å²) in [5, 5.41) is 0. The van der Waals surface area contributed by atoms with Crippen molar-refractivity contribution in [3.63, 3.8) is 0 Å². The maximum absolute atomic E-state index is 13.0. The summed E-state index contributed by atoms with van der Waals surface area (Å²) in [6.07, 6.45) is 4.43. The van der Waals surface area contributed by atoms with E-state index in [2.05, 4.69) is 6.92 Å². The Morgan fingerprint density at radius 3 is 2.80 bits per heavy atom. The molecule has 1 atom stereocenters. The van der Waals surface area contributed by atoms with Crippen molar-refractivity contribution in [2.24, 2.45) is 5.73 Å². The number of benzene rings is 1. The molecule has 1 aliphatic carbocycles. The lowest BCUT2D eigenvalue weighted by Crippen LogP contribution is -2.21. The fraction of sp³-hybridized carbons (Fsp3) is 0.538. The molecule has 82 valence electrons. The number of rotatable bonds is 4. The molecule has 0 saturated heterocycles. The number of nitrogens with two attached hydrogens (primary N) is 1. The smallest absolute Gasteiger partial charge is 0.123 e. The summed E-state index contributed by atoms with van der Waals surface area (Å²) in [6.45, 7) is 2.14. The van der Waals surface area contributed by atoms with E-state index in [4.69, 9.17) is 5.73 Å². The highest BCUT2D eigenvalue weighted by atomic mass is 19.1. The van der Waals surface area contributed by atoms with E-state index in [0.29, 0.717) is 5.92 Å². The predicted octanol–water partition coefficient (Wildman–Crippen LogP) is 3.20. The van der Waals surface area contributed by atoms with Gasteiger partial charge in [0.2, 0.25) is 0 Å². The lowest BCUT2D eigenvalue weighted by atomic mass is 9.93. The van der Waals surface area contributed by atoms with Crippen LogP contribution in [0.4, 0.5) is 4.39 Å². The average molecular weight is 207 g/mol. The van der Waals surface area contributed by atoms with E-state index in [1.54, 1.807) is 12.1 Å². The van der Waals surface area contributed by atoms with Gasteiger partial charge in [-0.25, -0.2) is 4.39 Å². The van der Waals surface area contributed by atoms with E-state index in [0.717, 1.165) is 31.2 Å². The lowest BCUT2D eigenvalue weighted by Gasteiger charge is -2.14. The molecular weight excluding hydrogens is 189 g/mol. The molecule has 0 radical (unpaired) electrons. The van der Waals surface area contributed by atoms with E-state index >= 15 is 0 Å². The second kappa shape index (κ2) is 3.93. The Kier molecular flexibility index (Phi) is 2.79. The SMILES string of the molecule is CC(CCC1(N)CC1)c1cccc(F)c1. The summed E-state index contributed by atoms with van der Waals surface area (Å²) in [7, 11) is 0. The Morgan fingerprint density at radius 2 is 2.20 bits per heavy atom. The minimum Gasteiger partial charge on any atom is -0.325 e. The number of hydrogen-bond donors (Lipinski definition) is 1. The maximum atomic E-state index is 13.0. The molecule has 0 aliphatic heterocycles. The highest BCUT2D eigenvalue weighted by Gasteiger charge is 2.37. The molecule has 2 rings (SSSR count). The summed E-state index contributed by atoms with van der Waals surface area (Å²) >= 11 is 0. The van der Waals surface area contributed by atoms with Gasteiger partial charge in [-0.15, -0.1) is 0 Å². The second-order valence-corrected chi connectivity index (χ2v) is 4.86. The zero-order valence-electron chi connectivity index (χ0n) is 9.17. The summed E-state index contributed by atoms with van der Waals surface area (Å²) < 4.78 is 13.0. The monoisotopic (exact) mass is 207 g/mol. The summed E-state index contributed by atoms with van der Waals surface area (Å²) in [5.74, 6) is 0.259. The van der Waals surface area contributed by atoms with Gasteiger partial charge in [0.25, 0.3) is 0 Å². The van der Waals surface area contributed by atoms with Crippen LogP contribution in [0.2, 0.25) is 0 Å². The molecule has 1 nitrogen and oxygen atoms in total. The van der Waals surface area contributed by atoms with Gasteiger partial charge in [-0.3, -0.25) is 0 Å². The van der Waals surface area contributed by atoms with Crippen LogP contribution in [0.5, 0.6) is 0 Å². The summed E-state index contributed by atoms with van der Waals surface area (Å²) in [6, 6.07) is 6.88. The predicted molar refractivity (Wildman–Crippen MR) is 60.2 cm³/mol. The fourth-order valence-corrected chi connectivity index (χ4v) is 1.89. The normalized spacial score (nSPS) is 19.9. The van der Waals surface area contributed by atoms with Crippen LogP contribution in [0.3, 0.4) is 0 Å². The highest BCUT2D eigenvalue weighted by molar-refractivity contribution is 5.20. The zero-order valence-corrected chi connectivity index (χ0v) is 9.17. The van der Waals surface area contributed by atoms with E-state index in [1.807, 2.05) is 6.07 Å². The van der Waals surface area contributed by atoms with Crippen LogP contribution in [0.15, 0.2) is 24.3 Å². The molecule has 1 aromatic rings. The van der Waals surface area contributed by atoms with Crippen molar-refractivity contribution in [3.8, 4) is 0 Å². The molecule has 1 aliphatic rings. The van der Waals surface area contributed by atoms with Gasteiger partial charge in [0.05, 0.1) is 0 Å². The maximum Gasteiger partial charge on any atom is 0.123 e.